The van der Waals surface area contributed by atoms with Crippen molar-refractivity contribution in [3.8, 4) is 0 Å². The van der Waals surface area contributed by atoms with E-state index in [1.54, 1.807) is 17.6 Å². The van der Waals surface area contributed by atoms with E-state index in [4.69, 9.17) is 4.42 Å². The van der Waals surface area contributed by atoms with Crippen molar-refractivity contribution < 1.29 is 4.42 Å². The van der Waals surface area contributed by atoms with Gasteiger partial charge in [0.1, 0.15) is 5.76 Å². The number of nitrogens with one attached hydrogen (secondary N) is 1. The molecule has 86 valence electrons. The van der Waals surface area contributed by atoms with Gasteiger partial charge in [-0.2, -0.15) is 0 Å². The summed E-state index contributed by atoms with van der Waals surface area (Å²) in [5.74, 6) is 1.03. The van der Waals surface area contributed by atoms with Crippen LogP contribution in [-0.4, -0.2) is 11.5 Å². The van der Waals surface area contributed by atoms with E-state index in [-0.39, 0.29) is 0 Å². The van der Waals surface area contributed by atoms with E-state index in [0.717, 1.165) is 36.7 Å². The van der Waals surface area contributed by atoms with Crippen molar-refractivity contribution in [2.75, 3.05) is 6.54 Å². The van der Waals surface area contributed by atoms with Gasteiger partial charge in [0.05, 0.1) is 17.8 Å². The standard InChI is InChI=1S/C12H16N2OS/c1-2-4-13-9-11-10(3-6-15-11)8-12-14-5-7-16-12/h3,5-7,13H,2,4,8-9H2,1H3. The van der Waals surface area contributed by atoms with Gasteiger partial charge in [0.2, 0.25) is 0 Å². The van der Waals surface area contributed by atoms with Gasteiger partial charge in [-0.05, 0) is 19.0 Å². The molecule has 1 N–H and O–H groups in total. The van der Waals surface area contributed by atoms with Gasteiger partial charge in [0.15, 0.2) is 0 Å². The summed E-state index contributed by atoms with van der Waals surface area (Å²) in [5, 5.41) is 6.49. The summed E-state index contributed by atoms with van der Waals surface area (Å²) in [6, 6.07) is 2.03. The highest BCUT2D eigenvalue weighted by atomic mass is 32.1. The zero-order chi connectivity index (χ0) is 11.2. The highest BCUT2D eigenvalue weighted by molar-refractivity contribution is 7.09. The summed E-state index contributed by atoms with van der Waals surface area (Å²) in [6.45, 7) is 3.99. The van der Waals surface area contributed by atoms with Crippen LogP contribution in [0.25, 0.3) is 0 Å². The maximum absolute atomic E-state index is 5.47. The Kier molecular flexibility index (Phi) is 4.13. The lowest BCUT2D eigenvalue weighted by Crippen LogP contribution is -2.14. The first-order valence-electron chi connectivity index (χ1n) is 5.54. The molecule has 0 radical (unpaired) electrons. The molecule has 2 aromatic rings. The van der Waals surface area contributed by atoms with Gasteiger partial charge in [-0.1, -0.05) is 6.92 Å². The topological polar surface area (TPSA) is 38.1 Å². The van der Waals surface area contributed by atoms with Gasteiger partial charge in [0, 0.05) is 23.6 Å². The van der Waals surface area contributed by atoms with E-state index in [2.05, 4.69) is 17.2 Å². The van der Waals surface area contributed by atoms with Crippen molar-refractivity contribution in [1.29, 1.82) is 0 Å². The third kappa shape index (κ3) is 2.93. The number of rotatable bonds is 6. The van der Waals surface area contributed by atoms with E-state index in [9.17, 15) is 0 Å². The molecule has 0 fully saturated rings. The predicted octanol–water partition coefficient (Wildman–Crippen LogP) is 2.83. The molecule has 0 aliphatic heterocycles. The molecule has 0 aromatic carbocycles. The average Bonchev–Trinajstić information content (AvgIpc) is 2.92. The van der Waals surface area contributed by atoms with Crippen molar-refractivity contribution in [2.45, 2.75) is 26.3 Å². The maximum Gasteiger partial charge on any atom is 0.121 e. The second-order valence-corrected chi connectivity index (χ2v) is 4.63. The molecule has 2 aromatic heterocycles. The largest absolute Gasteiger partial charge is 0.468 e. The van der Waals surface area contributed by atoms with Crippen LogP contribution >= 0.6 is 11.3 Å². The fraction of sp³-hybridized carbons (Fsp3) is 0.417. The lowest BCUT2D eigenvalue weighted by Gasteiger charge is -2.02. The number of aromatic nitrogens is 1. The molecule has 3 nitrogen and oxygen atoms in total. The lowest BCUT2D eigenvalue weighted by molar-refractivity contribution is 0.479. The fourth-order valence-corrected chi connectivity index (χ4v) is 2.20. The predicted molar refractivity (Wildman–Crippen MR) is 65.6 cm³/mol. The summed E-state index contributed by atoms with van der Waals surface area (Å²) in [6.07, 6.45) is 5.61. The van der Waals surface area contributed by atoms with Gasteiger partial charge in [-0.3, -0.25) is 0 Å². The first-order chi connectivity index (χ1) is 7.90. The molecule has 0 bridgehead atoms. The Hall–Kier alpha value is -1.13. The van der Waals surface area contributed by atoms with Crippen molar-refractivity contribution in [3.63, 3.8) is 0 Å². The quantitative estimate of drug-likeness (QED) is 0.784. The van der Waals surface area contributed by atoms with Crippen LogP contribution in [0, 0.1) is 0 Å². The van der Waals surface area contributed by atoms with E-state index >= 15 is 0 Å². The highest BCUT2D eigenvalue weighted by Crippen LogP contribution is 2.17. The van der Waals surface area contributed by atoms with Crippen LogP contribution in [0.2, 0.25) is 0 Å². The molecular formula is C12H16N2OS. The first-order valence-corrected chi connectivity index (χ1v) is 6.42. The molecule has 0 aliphatic carbocycles. The zero-order valence-electron chi connectivity index (χ0n) is 9.40. The SMILES string of the molecule is CCCNCc1occc1Cc1nccs1. The Morgan fingerprint density at radius 3 is 3.19 bits per heavy atom. The summed E-state index contributed by atoms with van der Waals surface area (Å²) in [5.41, 5.74) is 1.23. The Bertz CT molecular complexity index is 408. The van der Waals surface area contributed by atoms with Crippen LogP contribution in [0.5, 0.6) is 0 Å². The summed E-state index contributed by atoms with van der Waals surface area (Å²) in [7, 11) is 0. The second-order valence-electron chi connectivity index (χ2n) is 3.65. The van der Waals surface area contributed by atoms with Crippen LogP contribution in [0.15, 0.2) is 28.3 Å². The minimum atomic E-state index is 0.807. The molecule has 0 spiro atoms. The van der Waals surface area contributed by atoms with Gasteiger partial charge >= 0.3 is 0 Å². The fourth-order valence-electron chi connectivity index (χ4n) is 1.56. The minimum absolute atomic E-state index is 0.807. The number of thiazole rings is 1. The molecule has 0 atom stereocenters. The van der Waals surface area contributed by atoms with Crippen molar-refractivity contribution in [3.05, 3.63) is 40.2 Å². The number of nitrogens with zero attached hydrogens (tertiary/aromatic N) is 1. The molecule has 0 saturated carbocycles. The molecule has 0 unspecified atom stereocenters. The average molecular weight is 236 g/mol. The van der Waals surface area contributed by atoms with E-state index in [1.807, 2.05) is 17.6 Å². The third-order valence-electron chi connectivity index (χ3n) is 2.38. The van der Waals surface area contributed by atoms with Crippen LogP contribution in [0.1, 0.15) is 29.7 Å². The Morgan fingerprint density at radius 2 is 2.44 bits per heavy atom. The van der Waals surface area contributed by atoms with Gasteiger partial charge in [-0.15, -0.1) is 11.3 Å². The number of furan rings is 1. The number of hydrogen-bond donors (Lipinski definition) is 1. The molecular weight excluding hydrogens is 220 g/mol. The van der Waals surface area contributed by atoms with Gasteiger partial charge in [0.25, 0.3) is 0 Å². The molecule has 0 saturated heterocycles. The summed E-state index contributed by atoms with van der Waals surface area (Å²) in [4.78, 5) is 4.29. The Labute approximate surface area is 99.5 Å². The van der Waals surface area contributed by atoms with E-state index in [1.165, 1.54) is 5.56 Å². The maximum atomic E-state index is 5.47. The van der Waals surface area contributed by atoms with Crippen LogP contribution < -0.4 is 5.32 Å². The van der Waals surface area contributed by atoms with Crippen molar-refractivity contribution >= 4 is 11.3 Å². The summed E-state index contributed by atoms with van der Waals surface area (Å²) < 4.78 is 5.47. The molecule has 2 rings (SSSR count). The van der Waals surface area contributed by atoms with Crippen molar-refractivity contribution in [2.24, 2.45) is 0 Å². The smallest absolute Gasteiger partial charge is 0.121 e. The van der Waals surface area contributed by atoms with Crippen LogP contribution in [-0.2, 0) is 13.0 Å². The third-order valence-corrected chi connectivity index (χ3v) is 3.15. The first kappa shape index (κ1) is 11.4. The molecule has 2 heterocycles. The summed E-state index contributed by atoms with van der Waals surface area (Å²) >= 11 is 1.69. The van der Waals surface area contributed by atoms with Gasteiger partial charge < -0.3 is 9.73 Å². The van der Waals surface area contributed by atoms with Crippen LogP contribution in [0.3, 0.4) is 0 Å². The lowest BCUT2D eigenvalue weighted by atomic mass is 10.2. The second kappa shape index (κ2) is 5.82. The normalized spacial score (nSPS) is 10.8. The monoisotopic (exact) mass is 236 g/mol. The minimum Gasteiger partial charge on any atom is -0.468 e. The van der Waals surface area contributed by atoms with Crippen molar-refractivity contribution in [1.82, 2.24) is 10.3 Å². The van der Waals surface area contributed by atoms with E-state index in [0.29, 0.717) is 0 Å². The molecule has 4 heteroatoms. The zero-order valence-corrected chi connectivity index (χ0v) is 10.2. The number of hydrogen-bond acceptors (Lipinski definition) is 4. The molecule has 16 heavy (non-hydrogen) atoms. The Balaban J connectivity index is 1.96. The van der Waals surface area contributed by atoms with Gasteiger partial charge in [-0.25, -0.2) is 4.98 Å². The molecule has 0 amide bonds. The highest BCUT2D eigenvalue weighted by Gasteiger charge is 2.07. The Morgan fingerprint density at radius 1 is 1.50 bits per heavy atom. The van der Waals surface area contributed by atoms with Crippen LogP contribution in [0.4, 0.5) is 0 Å². The van der Waals surface area contributed by atoms with E-state index < -0.39 is 0 Å². The molecule has 0 aliphatic rings.